The Morgan fingerprint density at radius 2 is 2.20 bits per heavy atom. The van der Waals surface area contributed by atoms with Gasteiger partial charge in [-0.05, 0) is 0 Å². The molecule has 0 fully saturated rings. The second kappa shape index (κ2) is 4.18. The molecule has 7 nitrogen and oxygen atoms in total. The van der Waals surface area contributed by atoms with Crippen LogP contribution in [0.1, 0.15) is 6.92 Å². The number of hydrogen-bond donors (Lipinski definition) is 3. The van der Waals surface area contributed by atoms with Crippen molar-refractivity contribution in [3.63, 3.8) is 0 Å². The van der Waals surface area contributed by atoms with Crippen molar-refractivity contribution in [1.82, 2.24) is 0 Å². The lowest BCUT2D eigenvalue weighted by Crippen LogP contribution is -2.33. The van der Waals surface area contributed by atoms with Crippen LogP contribution in [-0.4, -0.2) is 46.1 Å². The monoisotopic (exact) mass is 218 g/mol. The minimum atomic E-state index is -1.41. The molecule has 0 aromatic rings. The zero-order chi connectivity index (χ0) is 11.6. The van der Waals surface area contributed by atoms with E-state index in [0.717, 1.165) is 6.92 Å². The lowest BCUT2D eigenvalue weighted by atomic mass is 10.2. The molecule has 1 heterocycles. The number of esters is 2. The van der Waals surface area contributed by atoms with Crippen molar-refractivity contribution in [3.8, 4) is 0 Å². The zero-order valence-electron chi connectivity index (χ0n) is 7.84. The number of aliphatic hydroxyl groups excluding tert-OH is 3. The van der Waals surface area contributed by atoms with Crippen LogP contribution < -0.4 is 0 Å². The van der Waals surface area contributed by atoms with E-state index >= 15 is 0 Å². The van der Waals surface area contributed by atoms with E-state index in [1.807, 2.05) is 0 Å². The van der Waals surface area contributed by atoms with Gasteiger partial charge in [-0.1, -0.05) is 0 Å². The SMILES string of the molecule is CC(=O)OCC(O)C1OC(=O)C(O)=C1O. The molecule has 1 aliphatic heterocycles. The van der Waals surface area contributed by atoms with Gasteiger partial charge < -0.3 is 24.8 Å². The number of carbonyl (C=O) groups excluding carboxylic acids is 2. The fourth-order valence-electron chi connectivity index (χ4n) is 1.02. The molecule has 84 valence electrons. The fourth-order valence-corrected chi connectivity index (χ4v) is 1.02. The van der Waals surface area contributed by atoms with E-state index in [-0.39, 0.29) is 0 Å². The van der Waals surface area contributed by atoms with Crippen LogP contribution in [0.5, 0.6) is 0 Å². The molecule has 0 amide bonds. The van der Waals surface area contributed by atoms with Crippen LogP contribution in [0, 0.1) is 0 Å². The van der Waals surface area contributed by atoms with Gasteiger partial charge in [0.2, 0.25) is 5.76 Å². The minimum absolute atomic E-state index is 0.440. The molecule has 2 unspecified atom stereocenters. The molecule has 0 saturated heterocycles. The van der Waals surface area contributed by atoms with E-state index in [0.29, 0.717) is 0 Å². The van der Waals surface area contributed by atoms with Gasteiger partial charge >= 0.3 is 11.9 Å². The third kappa shape index (κ3) is 2.38. The van der Waals surface area contributed by atoms with Crippen LogP contribution in [0.2, 0.25) is 0 Å². The van der Waals surface area contributed by atoms with Gasteiger partial charge in [-0.2, -0.15) is 0 Å². The van der Waals surface area contributed by atoms with Crippen LogP contribution in [0.15, 0.2) is 11.5 Å². The molecule has 7 heteroatoms. The Morgan fingerprint density at radius 3 is 2.60 bits per heavy atom. The van der Waals surface area contributed by atoms with Gasteiger partial charge in [0.25, 0.3) is 0 Å². The number of ether oxygens (including phenoxy) is 2. The fraction of sp³-hybridized carbons (Fsp3) is 0.500. The van der Waals surface area contributed by atoms with Crippen molar-refractivity contribution in [3.05, 3.63) is 11.5 Å². The van der Waals surface area contributed by atoms with Gasteiger partial charge in [-0.3, -0.25) is 4.79 Å². The third-order valence-electron chi connectivity index (χ3n) is 1.75. The van der Waals surface area contributed by atoms with Crippen molar-refractivity contribution in [2.45, 2.75) is 19.1 Å². The molecule has 0 radical (unpaired) electrons. The second-order valence-electron chi connectivity index (χ2n) is 2.93. The highest BCUT2D eigenvalue weighted by Crippen LogP contribution is 2.21. The van der Waals surface area contributed by atoms with Crippen LogP contribution >= 0.6 is 0 Å². The van der Waals surface area contributed by atoms with Gasteiger partial charge in [0.15, 0.2) is 11.9 Å². The number of hydrogen-bond acceptors (Lipinski definition) is 7. The first-order valence-electron chi connectivity index (χ1n) is 4.08. The Morgan fingerprint density at radius 1 is 1.60 bits per heavy atom. The summed E-state index contributed by atoms with van der Waals surface area (Å²) < 4.78 is 8.86. The summed E-state index contributed by atoms with van der Waals surface area (Å²) in [5, 5.41) is 27.4. The molecule has 0 saturated carbocycles. The van der Waals surface area contributed by atoms with Gasteiger partial charge in [0.05, 0.1) is 0 Å². The largest absolute Gasteiger partial charge is 0.505 e. The van der Waals surface area contributed by atoms with Crippen molar-refractivity contribution >= 4 is 11.9 Å². The summed E-state index contributed by atoms with van der Waals surface area (Å²) in [5.74, 6) is -3.45. The summed E-state index contributed by atoms with van der Waals surface area (Å²) in [4.78, 5) is 21.1. The number of rotatable bonds is 3. The zero-order valence-corrected chi connectivity index (χ0v) is 7.84. The normalized spacial score (nSPS) is 22.5. The molecule has 2 atom stereocenters. The molecule has 0 aromatic heterocycles. The Hall–Kier alpha value is -1.76. The Balaban J connectivity index is 2.59. The average molecular weight is 218 g/mol. The van der Waals surface area contributed by atoms with Crippen molar-refractivity contribution in [2.75, 3.05) is 6.61 Å². The quantitative estimate of drug-likeness (QED) is 0.529. The molecule has 0 aromatic carbocycles. The average Bonchev–Trinajstić information content (AvgIpc) is 2.42. The second-order valence-corrected chi connectivity index (χ2v) is 2.93. The lowest BCUT2D eigenvalue weighted by molar-refractivity contribution is -0.153. The highest BCUT2D eigenvalue weighted by atomic mass is 16.6. The third-order valence-corrected chi connectivity index (χ3v) is 1.75. The standard InChI is InChI=1S/C8H10O7/c1-3(9)14-2-4(10)7-5(11)6(12)8(13)15-7/h4,7,10-12H,2H2,1H3. The Kier molecular flexibility index (Phi) is 3.15. The van der Waals surface area contributed by atoms with Crippen molar-refractivity contribution in [1.29, 1.82) is 0 Å². The van der Waals surface area contributed by atoms with E-state index in [1.54, 1.807) is 0 Å². The summed E-state index contributed by atoms with van der Waals surface area (Å²) in [6.07, 6.45) is -2.81. The smallest absolute Gasteiger partial charge is 0.377 e. The first-order chi connectivity index (χ1) is 6.93. The number of carbonyl (C=O) groups is 2. The van der Waals surface area contributed by atoms with E-state index < -0.39 is 42.3 Å². The summed E-state index contributed by atoms with van der Waals surface area (Å²) >= 11 is 0. The molecular weight excluding hydrogens is 208 g/mol. The highest BCUT2D eigenvalue weighted by molar-refractivity contribution is 5.89. The molecule has 0 spiro atoms. The van der Waals surface area contributed by atoms with E-state index in [2.05, 4.69) is 9.47 Å². The van der Waals surface area contributed by atoms with Gasteiger partial charge in [-0.15, -0.1) is 0 Å². The molecule has 1 aliphatic rings. The van der Waals surface area contributed by atoms with Crippen LogP contribution in [-0.2, 0) is 19.1 Å². The summed E-state index contributed by atoms with van der Waals surface area (Å²) in [6, 6.07) is 0. The summed E-state index contributed by atoms with van der Waals surface area (Å²) in [5.41, 5.74) is 0. The number of cyclic esters (lactones) is 1. The van der Waals surface area contributed by atoms with Gasteiger partial charge in [0.1, 0.15) is 12.7 Å². The predicted octanol–water partition coefficient (Wildman–Crippen LogP) is -0.837. The Bertz CT molecular complexity index is 319. The topological polar surface area (TPSA) is 113 Å². The summed E-state index contributed by atoms with van der Waals surface area (Å²) in [6.45, 7) is 0.700. The van der Waals surface area contributed by atoms with E-state index in [1.165, 1.54) is 0 Å². The minimum Gasteiger partial charge on any atom is -0.505 e. The molecule has 1 rings (SSSR count). The summed E-state index contributed by atoms with van der Waals surface area (Å²) in [7, 11) is 0. The van der Waals surface area contributed by atoms with Gasteiger partial charge in [-0.25, -0.2) is 4.79 Å². The maximum absolute atomic E-state index is 10.7. The molecule has 3 N–H and O–H groups in total. The predicted molar refractivity (Wildman–Crippen MR) is 44.8 cm³/mol. The van der Waals surface area contributed by atoms with Crippen molar-refractivity contribution < 1.29 is 34.4 Å². The first-order valence-corrected chi connectivity index (χ1v) is 4.08. The maximum Gasteiger partial charge on any atom is 0.377 e. The van der Waals surface area contributed by atoms with Gasteiger partial charge in [0, 0.05) is 6.92 Å². The van der Waals surface area contributed by atoms with Crippen LogP contribution in [0.25, 0.3) is 0 Å². The van der Waals surface area contributed by atoms with E-state index in [4.69, 9.17) is 10.2 Å². The molecular formula is C8H10O7. The molecule has 15 heavy (non-hydrogen) atoms. The molecule has 0 aliphatic carbocycles. The number of aliphatic hydroxyl groups is 3. The first kappa shape index (κ1) is 11.3. The Labute approximate surface area is 84.5 Å². The highest BCUT2D eigenvalue weighted by Gasteiger charge is 2.39. The van der Waals surface area contributed by atoms with Crippen LogP contribution in [0.4, 0.5) is 0 Å². The van der Waals surface area contributed by atoms with Crippen LogP contribution in [0.3, 0.4) is 0 Å². The molecule has 0 bridgehead atoms. The lowest BCUT2D eigenvalue weighted by Gasteiger charge is -2.16. The van der Waals surface area contributed by atoms with Crippen molar-refractivity contribution in [2.24, 2.45) is 0 Å². The maximum atomic E-state index is 10.7. The van der Waals surface area contributed by atoms with E-state index in [9.17, 15) is 14.7 Å².